The zero-order chi connectivity index (χ0) is 15.1. The van der Waals surface area contributed by atoms with Crippen molar-refractivity contribution in [3.8, 4) is 0 Å². The fourth-order valence-corrected chi connectivity index (χ4v) is 4.13. The smallest absolute Gasteiger partial charge is 0.223 e. The van der Waals surface area contributed by atoms with Gasteiger partial charge in [0.2, 0.25) is 5.91 Å². The van der Waals surface area contributed by atoms with Crippen LogP contribution in [0.4, 0.5) is 0 Å². The minimum atomic E-state index is -0.0850. The largest absolute Gasteiger partial charge is 0.392 e. The van der Waals surface area contributed by atoms with E-state index in [1.54, 1.807) is 0 Å². The molecule has 120 valence electrons. The number of nitrogens with two attached hydrogens (primary N) is 1. The molecule has 4 heteroatoms. The van der Waals surface area contributed by atoms with E-state index in [4.69, 9.17) is 18.0 Å². The second-order valence-corrected chi connectivity index (χ2v) is 7.30. The van der Waals surface area contributed by atoms with Crippen LogP contribution in [0.1, 0.15) is 77.0 Å². The van der Waals surface area contributed by atoms with Crippen molar-refractivity contribution in [1.82, 2.24) is 5.32 Å². The molecule has 21 heavy (non-hydrogen) atoms. The van der Waals surface area contributed by atoms with Gasteiger partial charge in [-0.05, 0) is 31.6 Å². The van der Waals surface area contributed by atoms with Gasteiger partial charge in [0.25, 0.3) is 0 Å². The number of nitrogens with one attached hydrogen (secondary N) is 1. The normalized spacial score (nSPS) is 23.8. The van der Waals surface area contributed by atoms with Crippen LogP contribution >= 0.6 is 12.2 Å². The van der Waals surface area contributed by atoms with Crippen LogP contribution < -0.4 is 11.1 Å². The summed E-state index contributed by atoms with van der Waals surface area (Å²) in [5, 5.41) is 3.20. The first kappa shape index (κ1) is 16.7. The number of amides is 1. The van der Waals surface area contributed by atoms with Gasteiger partial charge in [-0.2, -0.15) is 0 Å². The monoisotopic (exact) mass is 310 g/mol. The summed E-state index contributed by atoms with van der Waals surface area (Å²) < 4.78 is 0. The maximum atomic E-state index is 12.6. The summed E-state index contributed by atoms with van der Waals surface area (Å²) >= 11 is 5.23. The number of carbonyl (C=O) groups is 1. The summed E-state index contributed by atoms with van der Waals surface area (Å²) in [4.78, 5) is 13.1. The topological polar surface area (TPSA) is 55.1 Å². The molecule has 0 aromatic rings. The molecule has 2 fully saturated rings. The van der Waals surface area contributed by atoms with E-state index in [9.17, 15) is 4.79 Å². The van der Waals surface area contributed by atoms with Crippen molar-refractivity contribution in [1.29, 1.82) is 0 Å². The van der Waals surface area contributed by atoms with E-state index >= 15 is 0 Å². The lowest BCUT2D eigenvalue weighted by molar-refractivity contribution is -0.126. The van der Waals surface area contributed by atoms with E-state index in [1.807, 2.05) is 0 Å². The summed E-state index contributed by atoms with van der Waals surface area (Å²) in [5.74, 6) is 0.819. The predicted octanol–water partition coefficient (Wildman–Crippen LogP) is 3.70. The molecule has 3 N–H and O–H groups in total. The zero-order valence-corrected chi connectivity index (χ0v) is 13.9. The van der Waals surface area contributed by atoms with Crippen LogP contribution in [-0.4, -0.2) is 16.9 Å². The summed E-state index contributed by atoms with van der Waals surface area (Å²) in [6.45, 7) is 0. The van der Waals surface area contributed by atoms with Crippen LogP contribution in [0, 0.1) is 11.8 Å². The maximum Gasteiger partial charge on any atom is 0.223 e. The lowest BCUT2D eigenvalue weighted by Gasteiger charge is -2.31. The Labute approximate surface area is 134 Å². The molecular formula is C17H30N2OS. The third-order valence-electron chi connectivity index (χ3n) is 5.20. The Morgan fingerprint density at radius 2 is 1.38 bits per heavy atom. The van der Waals surface area contributed by atoms with Crippen molar-refractivity contribution in [2.24, 2.45) is 17.6 Å². The van der Waals surface area contributed by atoms with E-state index < -0.39 is 0 Å². The molecule has 0 spiro atoms. The molecule has 1 amide bonds. The van der Waals surface area contributed by atoms with Crippen LogP contribution in [0.15, 0.2) is 0 Å². The maximum absolute atomic E-state index is 12.6. The molecule has 2 aliphatic rings. The summed E-state index contributed by atoms with van der Waals surface area (Å²) in [6.07, 6.45) is 14.4. The molecule has 2 saturated carbocycles. The molecule has 0 saturated heterocycles. The minimum absolute atomic E-state index is 0.0850. The van der Waals surface area contributed by atoms with Crippen LogP contribution in [-0.2, 0) is 4.79 Å². The number of carbonyl (C=O) groups excluding carboxylic acids is 1. The van der Waals surface area contributed by atoms with Gasteiger partial charge in [0.15, 0.2) is 0 Å². The fraction of sp³-hybridized carbons (Fsp3) is 0.882. The van der Waals surface area contributed by atoms with Gasteiger partial charge in [-0.15, -0.1) is 0 Å². The van der Waals surface area contributed by atoms with Crippen LogP contribution in [0.5, 0.6) is 0 Å². The van der Waals surface area contributed by atoms with Gasteiger partial charge in [-0.3, -0.25) is 4.79 Å². The Bertz CT molecular complexity index is 345. The molecule has 0 radical (unpaired) electrons. The average molecular weight is 311 g/mol. The fourth-order valence-electron chi connectivity index (χ4n) is 3.88. The van der Waals surface area contributed by atoms with Gasteiger partial charge in [0.05, 0.1) is 11.0 Å². The second-order valence-electron chi connectivity index (χ2n) is 6.83. The number of rotatable bonds is 4. The first-order valence-electron chi connectivity index (χ1n) is 8.78. The molecule has 3 nitrogen and oxygen atoms in total. The second kappa shape index (κ2) is 8.72. The minimum Gasteiger partial charge on any atom is -0.392 e. The molecule has 0 heterocycles. The van der Waals surface area contributed by atoms with Gasteiger partial charge in [-0.25, -0.2) is 0 Å². The molecule has 0 aromatic heterocycles. The van der Waals surface area contributed by atoms with E-state index in [0.717, 1.165) is 25.7 Å². The van der Waals surface area contributed by atoms with Crippen molar-refractivity contribution in [3.63, 3.8) is 0 Å². The Kier molecular flexibility index (Phi) is 6.94. The molecular weight excluding hydrogens is 280 g/mol. The number of thiocarbonyl (C=S) groups is 1. The summed E-state index contributed by atoms with van der Waals surface area (Å²) in [5.41, 5.74) is 5.92. The molecule has 1 unspecified atom stereocenters. The Balaban J connectivity index is 1.91. The van der Waals surface area contributed by atoms with E-state index in [1.165, 1.54) is 51.4 Å². The highest BCUT2D eigenvalue weighted by atomic mass is 32.1. The van der Waals surface area contributed by atoms with Gasteiger partial charge in [-0.1, -0.05) is 63.6 Å². The number of hydrogen-bond acceptors (Lipinski definition) is 2. The number of hydrogen-bond donors (Lipinski definition) is 2. The molecule has 1 atom stereocenters. The zero-order valence-electron chi connectivity index (χ0n) is 13.1. The molecule has 0 aliphatic heterocycles. The van der Waals surface area contributed by atoms with Crippen molar-refractivity contribution in [2.75, 3.05) is 0 Å². The first-order valence-corrected chi connectivity index (χ1v) is 9.19. The highest BCUT2D eigenvalue weighted by molar-refractivity contribution is 7.80. The van der Waals surface area contributed by atoms with Crippen LogP contribution in [0.2, 0.25) is 0 Å². The van der Waals surface area contributed by atoms with Gasteiger partial charge in [0, 0.05) is 5.92 Å². The highest BCUT2D eigenvalue weighted by Gasteiger charge is 2.29. The van der Waals surface area contributed by atoms with Gasteiger partial charge < -0.3 is 11.1 Å². The standard InChI is InChI=1S/C17H30N2OS/c18-16(21)15(13-9-7-4-8-10-13)19-17(20)14-11-5-2-1-3-6-12-14/h13-15H,1-12H2,(H2,18,21)(H,19,20). The van der Waals surface area contributed by atoms with Crippen molar-refractivity contribution in [3.05, 3.63) is 0 Å². The first-order chi connectivity index (χ1) is 10.2. The van der Waals surface area contributed by atoms with Gasteiger partial charge in [0.1, 0.15) is 0 Å². The average Bonchev–Trinajstić information content (AvgIpc) is 2.44. The Morgan fingerprint density at radius 1 is 0.905 bits per heavy atom. The van der Waals surface area contributed by atoms with Crippen LogP contribution in [0.3, 0.4) is 0 Å². The Hall–Kier alpha value is -0.640. The summed E-state index contributed by atoms with van der Waals surface area (Å²) in [7, 11) is 0. The Morgan fingerprint density at radius 3 is 1.95 bits per heavy atom. The lowest BCUT2D eigenvalue weighted by Crippen LogP contribution is -2.50. The molecule has 2 rings (SSSR count). The van der Waals surface area contributed by atoms with Crippen molar-refractivity contribution < 1.29 is 4.79 Å². The quantitative estimate of drug-likeness (QED) is 0.779. The highest BCUT2D eigenvalue weighted by Crippen LogP contribution is 2.28. The van der Waals surface area contributed by atoms with E-state index in [2.05, 4.69) is 5.32 Å². The molecule has 0 bridgehead atoms. The molecule has 2 aliphatic carbocycles. The van der Waals surface area contributed by atoms with Gasteiger partial charge >= 0.3 is 0 Å². The van der Waals surface area contributed by atoms with Crippen molar-refractivity contribution in [2.45, 2.75) is 83.1 Å². The SMILES string of the molecule is NC(=S)C(NC(=O)C1CCCCCCC1)C1CCCCC1. The third-order valence-corrected chi connectivity index (χ3v) is 5.46. The molecule has 0 aromatic carbocycles. The van der Waals surface area contributed by atoms with Crippen LogP contribution in [0.25, 0.3) is 0 Å². The van der Waals surface area contributed by atoms with Crippen molar-refractivity contribution >= 4 is 23.1 Å². The summed E-state index contributed by atoms with van der Waals surface area (Å²) in [6, 6.07) is -0.0850. The third kappa shape index (κ3) is 5.24. The predicted molar refractivity (Wildman–Crippen MR) is 91.1 cm³/mol. The lowest BCUT2D eigenvalue weighted by atomic mass is 9.83. The van der Waals surface area contributed by atoms with E-state index in [0.29, 0.717) is 10.9 Å². The van der Waals surface area contributed by atoms with E-state index in [-0.39, 0.29) is 17.9 Å².